The Morgan fingerprint density at radius 1 is 1.12 bits per heavy atom. The Hall–Kier alpha value is -2.12. The van der Waals surface area contributed by atoms with E-state index in [0.717, 1.165) is 24.7 Å². The van der Waals surface area contributed by atoms with E-state index in [4.69, 9.17) is 4.74 Å². The Labute approximate surface area is 153 Å². The lowest BCUT2D eigenvalue weighted by Gasteiger charge is -2.17. The second kappa shape index (κ2) is 8.05. The number of sulfonamides is 1. The highest BCUT2D eigenvalue weighted by molar-refractivity contribution is 7.89. The highest BCUT2D eigenvalue weighted by atomic mass is 32.2. The van der Waals surface area contributed by atoms with E-state index in [1.165, 1.54) is 37.8 Å². The van der Waals surface area contributed by atoms with Gasteiger partial charge in [0.1, 0.15) is 0 Å². The molecule has 0 amide bonds. The summed E-state index contributed by atoms with van der Waals surface area (Å²) >= 11 is 0. The van der Waals surface area contributed by atoms with E-state index in [2.05, 4.69) is 21.8 Å². The topological polar surface area (TPSA) is 58.6 Å². The van der Waals surface area contributed by atoms with Gasteiger partial charge in [0, 0.05) is 25.3 Å². The Morgan fingerprint density at radius 2 is 1.81 bits per heavy atom. The fourth-order valence-electron chi connectivity index (χ4n) is 3.08. The number of hydrogen-bond acceptors (Lipinski definition) is 4. The van der Waals surface area contributed by atoms with Crippen LogP contribution in [-0.2, 0) is 16.4 Å². The summed E-state index contributed by atoms with van der Waals surface area (Å²) in [5.74, 6) is -0.685. The zero-order valence-corrected chi connectivity index (χ0v) is 15.6. The molecule has 1 fully saturated rings. The van der Waals surface area contributed by atoms with Gasteiger partial charge >= 0.3 is 0 Å². The largest absolute Gasteiger partial charge is 0.494 e. The van der Waals surface area contributed by atoms with Gasteiger partial charge in [-0.2, -0.15) is 0 Å². The van der Waals surface area contributed by atoms with Crippen LogP contribution in [0.4, 0.5) is 10.1 Å². The Bertz CT molecular complexity index is 848. The van der Waals surface area contributed by atoms with Gasteiger partial charge in [0.05, 0.1) is 12.0 Å². The first-order valence-electron chi connectivity index (χ1n) is 8.67. The standard InChI is InChI=1S/C19H23FN2O3S/c1-25-19-9-8-17(14-18(19)20)26(23,24)21-11-10-15-4-6-16(7-5-15)22-12-2-3-13-22/h4-9,14,21H,2-3,10-13H2,1H3. The first-order valence-corrected chi connectivity index (χ1v) is 10.1. The monoisotopic (exact) mass is 378 g/mol. The van der Waals surface area contributed by atoms with E-state index in [1.54, 1.807) is 0 Å². The number of benzene rings is 2. The van der Waals surface area contributed by atoms with Crippen LogP contribution in [0.3, 0.4) is 0 Å². The van der Waals surface area contributed by atoms with Crippen molar-refractivity contribution in [1.29, 1.82) is 0 Å². The fourth-order valence-corrected chi connectivity index (χ4v) is 4.12. The zero-order valence-electron chi connectivity index (χ0n) is 14.7. The Balaban J connectivity index is 1.57. The van der Waals surface area contributed by atoms with Crippen LogP contribution in [0, 0.1) is 5.82 Å². The molecule has 26 heavy (non-hydrogen) atoms. The molecule has 1 saturated heterocycles. The summed E-state index contributed by atoms with van der Waals surface area (Å²) in [5.41, 5.74) is 2.26. The van der Waals surface area contributed by atoms with Crippen molar-refractivity contribution in [1.82, 2.24) is 4.72 Å². The number of rotatable bonds is 7. The number of nitrogens with one attached hydrogen (secondary N) is 1. The molecule has 1 N–H and O–H groups in total. The lowest BCUT2D eigenvalue weighted by Crippen LogP contribution is -2.26. The highest BCUT2D eigenvalue weighted by Crippen LogP contribution is 2.21. The van der Waals surface area contributed by atoms with Crippen LogP contribution in [0.5, 0.6) is 5.75 Å². The quantitative estimate of drug-likeness (QED) is 0.805. The molecule has 0 atom stereocenters. The van der Waals surface area contributed by atoms with Crippen molar-refractivity contribution in [3.8, 4) is 5.75 Å². The first kappa shape index (κ1) is 18.7. The fraction of sp³-hybridized carbons (Fsp3) is 0.368. The molecule has 5 nitrogen and oxygen atoms in total. The van der Waals surface area contributed by atoms with Crippen molar-refractivity contribution in [3.63, 3.8) is 0 Å². The van der Waals surface area contributed by atoms with E-state index in [9.17, 15) is 12.8 Å². The number of halogens is 1. The molecular weight excluding hydrogens is 355 g/mol. The molecule has 0 radical (unpaired) electrons. The number of hydrogen-bond donors (Lipinski definition) is 1. The van der Waals surface area contributed by atoms with E-state index in [1.807, 2.05) is 12.1 Å². The molecule has 0 spiro atoms. The van der Waals surface area contributed by atoms with Crippen molar-refractivity contribution in [2.75, 3.05) is 31.6 Å². The minimum absolute atomic E-state index is 0.0158. The van der Waals surface area contributed by atoms with Gasteiger partial charge in [0.25, 0.3) is 0 Å². The third-order valence-corrected chi connectivity index (χ3v) is 6.01. The maximum Gasteiger partial charge on any atom is 0.240 e. The average Bonchev–Trinajstić information content (AvgIpc) is 3.17. The minimum Gasteiger partial charge on any atom is -0.494 e. The van der Waals surface area contributed by atoms with Crippen LogP contribution >= 0.6 is 0 Å². The van der Waals surface area contributed by atoms with Gasteiger partial charge in [0.2, 0.25) is 10.0 Å². The average molecular weight is 378 g/mol. The molecule has 140 valence electrons. The third-order valence-electron chi connectivity index (χ3n) is 4.55. The number of ether oxygens (including phenoxy) is 1. The minimum atomic E-state index is -3.75. The summed E-state index contributed by atoms with van der Waals surface area (Å²) in [6, 6.07) is 11.8. The molecule has 0 saturated carbocycles. The summed E-state index contributed by atoms with van der Waals surface area (Å²) in [6.45, 7) is 2.44. The van der Waals surface area contributed by atoms with Crippen LogP contribution in [0.1, 0.15) is 18.4 Å². The molecule has 0 bridgehead atoms. The molecule has 1 heterocycles. The molecule has 0 unspecified atom stereocenters. The lowest BCUT2D eigenvalue weighted by molar-refractivity contribution is 0.385. The summed E-state index contributed by atoms with van der Waals surface area (Å²) < 4.78 is 45.6. The van der Waals surface area contributed by atoms with Crippen molar-refractivity contribution < 1.29 is 17.5 Å². The van der Waals surface area contributed by atoms with Crippen LogP contribution < -0.4 is 14.4 Å². The van der Waals surface area contributed by atoms with Crippen LogP contribution in [-0.4, -0.2) is 35.2 Å². The molecule has 2 aromatic rings. The van der Waals surface area contributed by atoms with Crippen molar-refractivity contribution >= 4 is 15.7 Å². The van der Waals surface area contributed by atoms with Gasteiger partial charge in [-0.15, -0.1) is 0 Å². The van der Waals surface area contributed by atoms with Gasteiger partial charge in [-0.05, 0) is 55.2 Å². The second-order valence-corrected chi connectivity index (χ2v) is 8.07. The first-order chi connectivity index (χ1) is 12.5. The van der Waals surface area contributed by atoms with Crippen molar-refractivity contribution in [2.45, 2.75) is 24.2 Å². The number of nitrogens with zero attached hydrogens (tertiary/aromatic N) is 1. The van der Waals surface area contributed by atoms with E-state index < -0.39 is 15.8 Å². The molecule has 2 aromatic carbocycles. The molecule has 1 aliphatic heterocycles. The smallest absolute Gasteiger partial charge is 0.240 e. The van der Waals surface area contributed by atoms with Gasteiger partial charge in [0.15, 0.2) is 11.6 Å². The summed E-state index contributed by atoms with van der Waals surface area (Å²) in [4.78, 5) is 2.24. The normalized spacial score (nSPS) is 14.6. The van der Waals surface area contributed by atoms with E-state index in [-0.39, 0.29) is 17.2 Å². The molecule has 0 aliphatic carbocycles. The van der Waals surface area contributed by atoms with Gasteiger partial charge < -0.3 is 9.64 Å². The van der Waals surface area contributed by atoms with Crippen LogP contribution in [0.2, 0.25) is 0 Å². The van der Waals surface area contributed by atoms with Crippen LogP contribution in [0.25, 0.3) is 0 Å². The SMILES string of the molecule is COc1ccc(S(=O)(=O)NCCc2ccc(N3CCCC3)cc2)cc1F. The molecule has 0 aromatic heterocycles. The summed E-state index contributed by atoms with van der Waals surface area (Å²) in [6.07, 6.45) is 3.03. The van der Waals surface area contributed by atoms with Gasteiger partial charge in [-0.3, -0.25) is 0 Å². The highest BCUT2D eigenvalue weighted by Gasteiger charge is 2.16. The van der Waals surface area contributed by atoms with E-state index >= 15 is 0 Å². The molecular formula is C19H23FN2O3S. The maximum absolute atomic E-state index is 13.7. The molecule has 7 heteroatoms. The third kappa shape index (κ3) is 4.34. The lowest BCUT2D eigenvalue weighted by atomic mass is 10.1. The number of anilines is 1. The Morgan fingerprint density at radius 3 is 2.42 bits per heavy atom. The second-order valence-electron chi connectivity index (χ2n) is 6.30. The Kier molecular flexibility index (Phi) is 5.78. The van der Waals surface area contributed by atoms with Gasteiger partial charge in [-0.25, -0.2) is 17.5 Å². The molecule has 3 rings (SSSR count). The predicted octanol–water partition coefficient (Wildman–Crippen LogP) is 2.96. The number of methoxy groups -OCH3 is 1. The van der Waals surface area contributed by atoms with Crippen LogP contribution in [0.15, 0.2) is 47.4 Å². The summed E-state index contributed by atoms with van der Waals surface area (Å²) in [7, 11) is -2.42. The van der Waals surface area contributed by atoms with E-state index in [0.29, 0.717) is 6.42 Å². The maximum atomic E-state index is 13.7. The zero-order chi connectivity index (χ0) is 18.6. The molecule has 1 aliphatic rings. The predicted molar refractivity (Wildman–Crippen MR) is 99.7 cm³/mol. The van der Waals surface area contributed by atoms with Crippen molar-refractivity contribution in [3.05, 3.63) is 53.8 Å². The summed E-state index contributed by atoms with van der Waals surface area (Å²) in [5, 5.41) is 0. The van der Waals surface area contributed by atoms with Gasteiger partial charge in [-0.1, -0.05) is 12.1 Å². The van der Waals surface area contributed by atoms with Crippen molar-refractivity contribution in [2.24, 2.45) is 0 Å².